The molecule has 1 heterocycles. The highest BCUT2D eigenvalue weighted by molar-refractivity contribution is 5.94. The van der Waals surface area contributed by atoms with Crippen LogP contribution in [0.2, 0.25) is 0 Å². The second-order valence-electron chi connectivity index (χ2n) is 5.54. The van der Waals surface area contributed by atoms with E-state index in [4.69, 9.17) is 10.5 Å². The number of likely N-dealkylation sites (tertiary alicyclic amines) is 1. The number of piperidine rings is 1. The standard InChI is InChI=1S/C15H25N3O2/c1-3-20-14-10-11(4-5-13(14)16)15(19)17-12-6-8-18(2)9-7-12/h10,12H,3-9,16H2,1-2H3,(H,17,19). The molecule has 0 aromatic rings. The maximum absolute atomic E-state index is 12.3. The Bertz CT molecular complexity index is 421. The van der Waals surface area contributed by atoms with Crippen LogP contribution >= 0.6 is 0 Å². The first kappa shape index (κ1) is 14.9. The van der Waals surface area contributed by atoms with Crippen molar-refractivity contribution in [1.82, 2.24) is 10.2 Å². The molecule has 112 valence electrons. The molecule has 1 aliphatic carbocycles. The van der Waals surface area contributed by atoms with E-state index >= 15 is 0 Å². The molecule has 0 bridgehead atoms. The van der Waals surface area contributed by atoms with Gasteiger partial charge in [0.1, 0.15) is 5.76 Å². The normalized spacial score (nSPS) is 21.6. The molecule has 2 rings (SSSR count). The third-order valence-corrected chi connectivity index (χ3v) is 3.93. The van der Waals surface area contributed by atoms with E-state index in [1.807, 2.05) is 6.92 Å². The van der Waals surface area contributed by atoms with Gasteiger partial charge in [0.2, 0.25) is 5.91 Å². The van der Waals surface area contributed by atoms with Gasteiger partial charge in [0.05, 0.1) is 12.3 Å². The second-order valence-corrected chi connectivity index (χ2v) is 5.54. The Morgan fingerprint density at radius 2 is 2.15 bits per heavy atom. The number of rotatable bonds is 4. The zero-order chi connectivity index (χ0) is 14.5. The molecule has 5 nitrogen and oxygen atoms in total. The zero-order valence-corrected chi connectivity index (χ0v) is 12.4. The van der Waals surface area contributed by atoms with Crippen LogP contribution in [0.5, 0.6) is 0 Å². The summed E-state index contributed by atoms with van der Waals surface area (Å²) in [5.74, 6) is 0.691. The SMILES string of the molecule is CCOC1=C(N)CCC(C(=O)NC2CCN(C)CC2)=C1. The van der Waals surface area contributed by atoms with Gasteiger partial charge in [0.15, 0.2) is 0 Å². The second kappa shape index (κ2) is 6.79. The summed E-state index contributed by atoms with van der Waals surface area (Å²) in [6.45, 7) is 4.57. The number of nitrogens with one attached hydrogen (secondary N) is 1. The third kappa shape index (κ3) is 3.76. The van der Waals surface area contributed by atoms with Gasteiger partial charge in [0.25, 0.3) is 0 Å². The lowest BCUT2D eigenvalue weighted by molar-refractivity contribution is -0.118. The number of hydrogen-bond acceptors (Lipinski definition) is 4. The molecule has 5 heteroatoms. The molecule has 1 aliphatic heterocycles. The Balaban J connectivity index is 1.94. The highest BCUT2D eigenvalue weighted by Crippen LogP contribution is 2.22. The predicted molar refractivity (Wildman–Crippen MR) is 78.8 cm³/mol. The lowest BCUT2D eigenvalue weighted by atomic mass is 9.99. The molecular formula is C15H25N3O2. The van der Waals surface area contributed by atoms with Crippen molar-refractivity contribution in [2.75, 3.05) is 26.7 Å². The summed E-state index contributed by atoms with van der Waals surface area (Å²) in [5.41, 5.74) is 7.42. The van der Waals surface area contributed by atoms with Crippen molar-refractivity contribution in [1.29, 1.82) is 0 Å². The van der Waals surface area contributed by atoms with Crippen LogP contribution < -0.4 is 11.1 Å². The predicted octanol–water partition coefficient (Wildman–Crippen LogP) is 1.12. The number of nitrogens with two attached hydrogens (primary N) is 1. The van der Waals surface area contributed by atoms with Gasteiger partial charge in [0, 0.05) is 11.6 Å². The van der Waals surface area contributed by atoms with Crippen LogP contribution in [0.3, 0.4) is 0 Å². The van der Waals surface area contributed by atoms with Crippen molar-refractivity contribution in [2.24, 2.45) is 5.73 Å². The van der Waals surface area contributed by atoms with Crippen molar-refractivity contribution in [3.63, 3.8) is 0 Å². The van der Waals surface area contributed by atoms with Crippen LogP contribution in [0, 0.1) is 0 Å². The Labute approximate surface area is 120 Å². The minimum Gasteiger partial charge on any atom is -0.492 e. The average molecular weight is 279 g/mol. The van der Waals surface area contributed by atoms with Gasteiger partial charge in [-0.2, -0.15) is 0 Å². The molecule has 0 spiro atoms. The number of allylic oxidation sites excluding steroid dienone is 2. The van der Waals surface area contributed by atoms with Gasteiger partial charge in [-0.05, 0) is 58.8 Å². The average Bonchev–Trinajstić information content (AvgIpc) is 2.44. The van der Waals surface area contributed by atoms with E-state index in [0.717, 1.165) is 37.2 Å². The van der Waals surface area contributed by atoms with Gasteiger partial charge >= 0.3 is 0 Å². The molecule has 1 saturated heterocycles. The summed E-state index contributed by atoms with van der Waals surface area (Å²) >= 11 is 0. The summed E-state index contributed by atoms with van der Waals surface area (Å²) in [6.07, 6.45) is 5.23. The Hall–Kier alpha value is -1.49. The minimum atomic E-state index is 0.0317. The molecule has 0 atom stereocenters. The fourth-order valence-corrected chi connectivity index (χ4v) is 2.62. The lowest BCUT2D eigenvalue weighted by Gasteiger charge is -2.30. The molecule has 20 heavy (non-hydrogen) atoms. The first-order chi connectivity index (χ1) is 9.60. The van der Waals surface area contributed by atoms with Crippen LogP contribution in [0.25, 0.3) is 0 Å². The van der Waals surface area contributed by atoms with Crippen LogP contribution in [-0.4, -0.2) is 43.6 Å². The summed E-state index contributed by atoms with van der Waals surface area (Å²) in [6, 6.07) is 0.290. The van der Waals surface area contributed by atoms with Crippen LogP contribution in [0.4, 0.5) is 0 Å². The van der Waals surface area contributed by atoms with E-state index in [0.29, 0.717) is 31.2 Å². The van der Waals surface area contributed by atoms with E-state index in [2.05, 4.69) is 17.3 Å². The van der Waals surface area contributed by atoms with Crippen molar-refractivity contribution in [2.45, 2.75) is 38.6 Å². The van der Waals surface area contributed by atoms with Crippen molar-refractivity contribution in [3.05, 3.63) is 23.1 Å². The minimum absolute atomic E-state index is 0.0317. The molecule has 1 fully saturated rings. The van der Waals surface area contributed by atoms with E-state index in [9.17, 15) is 4.79 Å². The monoisotopic (exact) mass is 279 g/mol. The Morgan fingerprint density at radius 1 is 1.45 bits per heavy atom. The van der Waals surface area contributed by atoms with Crippen LogP contribution in [-0.2, 0) is 9.53 Å². The van der Waals surface area contributed by atoms with Crippen LogP contribution in [0.1, 0.15) is 32.6 Å². The number of carbonyl (C=O) groups is 1. The molecule has 0 aromatic heterocycles. The van der Waals surface area contributed by atoms with Crippen molar-refractivity contribution >= 4 is 5.91 Å². The maximum atomic E-state index is 12.3. The number of hydrogen-bond donors (Lipinski definition) is 2. The van der Waals surface area contributed by atoms with Gasteiger partial charge < -0.3 is 20.7 Å². The molecule has 0 radical (unpaired) electrons. The quantitative estimate of drug-likeness (QED) is 0.809. The molecule has 1 amide bonds. The van der Waals surface area contributed by atoms with E-state index in [1.54, 1.807) is 6.08 Å². The van der Waals surface area contributed by atoms with Gasteiger partial charge in [-0.3, -0.25) is 4.79 Å². The molecule has 3 N–H and O–H groups in total. The Kier molecular flexibility index (Phi) is 5.06. The van der Waals surface area contributed by atoms with Gasteiger partial charge in [-0.1, -0.05) is 0 Å². The number of amides is 1. The lowest BCUT2D eigenvalue weighted by Crippen LogP contribution is -2.44. The number of carbonyl (C=O) groups excluding carboxylic acids is 1. The Morgan fingerprint density at radius 3 is 2.80 bits per heavy atom. The first-order valence-electron chi connectivity index (χ1n) is 7.41. The zero-order valence-electron chi connectivity index (χ0n) is 12.4. The molecule has 0 saturated carbocycles. The fourth-order valence-electron chi connectivity index (χ4n) is 2.62. The molecule has 2 aliphatic rings. The highest BCUT2D eigenvalue weighted by Gasteiger charge is 2.22. The summed E-state index contributed by atoms with van der Waals surface area (Å²) in [7, 11) is 2.11. The van der Waals surface area contributed by atoms with E-state index in [1.165, 1.54) is 0 Å². The smallest absolute Gasteiger partial charge is 0.247 e. The highest BCUT2D eigenvalue weighted by atomic mass is 16.5. The number of nitrogens with zero attached hydrogens (tertiary/aromatic N) is 1. The third-order valence-electron chi connectivity index (χ3n) is 3.93. The van der Waals surface area contributed by atoms with Crippen LogP contribution in [0.15, 0.2) is 23.1 Å². The summed E-state index contributed by atoms with van der Waals surface area (Å²) in [4.78, 5) is 14.6. The van der Waals surface area contributed by atoms with Crippen molar-refractivity contribution in [3.8, 4) is 0 Å². The van der Waals surface area contributed by atoms with E-state index < -0.39 is 0 Å². The topological polar surface area (TPSA) is 67.6 Å². The summed E-state index contributed by atoms with van der Waals surface area (Å²) in [5, 5.41) is 3.13. The first-order valence-corrected chi connectivity index (χ1v) is 7.41. The largest absolute Gasteiger partial charge is 0.492 e. The summed E-state index contributed by atoms with van der Waals surface area (Å²) < 4.78 is 5.47. The van der Waals surface area contributed by atoms with Gasteiger partial charge in [-0.15, -0.1) is 0 Å². The fraction of sp³-hybridized carbons (Fsp3) is 0.667. The maximum Gasteiger partial charge on any atom is 0.247 e. The van der Waals surface area contributed by atoms with Gasteiger partial charge in [-0.25, -0.2) is 0 Å². The molecule has 0 unspecified atom stereocenters. The van der Waals surface area contributed by atoms with Crippen molar-refractivity contribution < 1.29 is 9.53 Å². The number of ether oxygens (including phenoxy) is 1. The molecule has 0 aromatic carbocycles. The van der Waals surface area contributed by atoms with E-state index in [-0.39, 0.29) is 5.91 Å². The molecular weight excluding hydrogens is 254 g/mol.